The normalized spacial score (nSPS) is 12.3. The van der Waals surface area contributed by atoms with Crippen molar-refractivity contribution in [2.24, 2.45) is 0 Å². The average molecular weight is 352 g/mol. The fourth-order valence-corrected chi connectivity index (χ4v) is 3.41. The molecule has 0 fully saturated rings. The van der Waals surface area contributed by atoms with Gasteiger partial charge in [-0.15, -0.1) is 0 Å². The molecule has 3 aromatic rings. The number of fused-ring (bicyclic) bond motifs is 1. The molecule has 134 valence electrons. The Bertz CT molecular complexity index is 1050. The quantitative estimate of drug-likeness (QED) is 0.692. The number of hydrogen-bond donors (Lipinski definition) is 2. The van der Waals surface area contributed by atoms with Crippen LogP contribution in [0.4, 0.5) is 0 Å². The number of carboxylic acid groups (broad SMARTS) is 1. The van der Waals surface area contributed by atoms with Crippen molar-refractivity contribution >= 4 is 16.9 Å². The molecule has 0 spiro atoms. The molecule has 5 nitrogen and oxygen atoms in total. The third kappa shape index (κ3) is 2.96. The lowest BCUT2D eigenvalue weighted by molar-refractivity contribution is -0.137. The molecule has 26 heavy (non-hydrogen) atoms. The number of aromatic hydroxyl groups is 1. The van der Waals surface area contributed by atoms with Crippen LogP contribution in [0, 0.1) is 20.8 Å². The topological polar surface area (TPSA) is 87.7 Å². The van der Waals surface area contributed by atoms with Crippen LogP contribution in [0.5, 0.6) is 5.75 Å². The molecule has 5 heteroatoms. The number of rotatable bonds is 4. The molecular formula is C21H20O5. The zero-order valence-corrected chi connectivity index (χ0v) is 14.9. The fraction of sp³-hybridized carbons (Fsp3) is 0.238. The van der Waals surface area contributed by atoms with Gasteiger partial charge < -0.3 is 14.6 Å². The summed E-state index contributed by atoms with van der Waals surface area (Å²) in [6, 6.07) is 10.7. The van der Waals surface area contributed by atoms with E-state index in [4.69, 9.17) is 4.42 Å². The van der Waals surface area contributed by atoms with E-state index in [2.05, 4.69) is 0 Å². The first kappa shape index (κ1) is 17.7. The van der Waals surface area contributed by atoms with Gasteiger partial charge in [-0.2, -0.15) is 0 Å². The maximum absolute atomic E-state index is 12.7. The molecule has 1 heterocycles. The molecule has 2 aromatic carbocycles. The Morgan fingerprint density at radius 3 is 2.38 bits per heavy atom. The first-order valence-electron chi connectivity index (χ1n) is 8.34. The fourth-order valence-electron chi connectivity index (χ4n) is 3.41. The Morgan fingerprint density at radius 2 is 1.77 bits per heavy atom. The highest BCUT2D eigenvalue weighted by molar-refractivity contribution is 5.90. The average Bonchev–Trinajstić information content (AvgIpc) is 2.58. The van der Waals surface area contributed by atoms with Gasteiger partial charge in [0.15, 0.2) is 0 Å². The smallest absolute Gasteiger partial charge is 0.343 e. The van der Waals surface area contributed by atoms with Crippen LogP contribution in [0.25, 0.3) is 11.0 Å². The van der Waals surface area contributed by atoms with E-state index in [9.17, 15) is 19.8 Å². The molecule has 0 aliphatic rings. The molecular weight excluding hydrogens is 332 g/mol. The van der Waals surface area contributed by atoms with Crippen molar-refractivity contribution in [2.45, 2.75) is 33.1 Å². The minimum Gasteiger partial charge on any atom is -0.507 e. The summed E-state index contributed by atoms with van der Waals surface area (Å²) in [5.41, 5.74) is 2.76. The molecule has 0 radical (unpaired) electrons. The van der Waals surface area contributed by atoms with Gasteiger partial charge in [-0.05, 0) is 43.0 Å². The lowest BCUT2D eigenvalue weighted by Gasteiger charge is -2.18. The lowest BCUT2D eigenvalue weighted by Crippen LogP contribution is -2.17. The number of hydrogen-bond acceptors (Lipinski definition) is 4. The summed E-state index contributed by atoms with van der Waals surface area (Å²) in [4.78, 5) is 24.1. The van der Waals surface area contributed by atoms with E-state index in [0.29, 0.717) is 16.5 Å². The van der Waals surface area contributed by atoms with E-state index in [1.54, 1.807) is 30.3 Å². The zero-order chi connectivity index (χ0) is 19.0. The van der Waals surface area contributed by atoms with Gasteiger partial charge in [0.05, 0.1) is 17.4 Å². The van der Waals surface area contributed by atoms with Crippen LogP contribution < -0.4 is 5.63 Å². The number of carboxylic acids is 1. The largest absolute Gasteiger partial charge is 0.507 e. The van der Waals surface area contributed by atoms with E-state index in [1.807, 2.05) is 26.8 Å². The zero-order valence-electron chi connectivity index (χ0n) is 14.9. The van der Waals surface area contributed by atoms with Crippen LogP contribution in [0.3, 0.4) is 0 Å². The summed E-state index contributed by atoms with van der Waals surface area (Å²) in [6.07, 6.45) is -0.322. The van der Waals surface area contributed by atoms with Crippen molar-refractivity contribution in [3.05, 3.63) is 74.6 Å². The van der Waals surface area contributed by atoms with E-state index >= 15 is 0 Å². The van der Waals surface area contributed by atoms with Gasteiger partial charge in [0, 0.05) is 5.92 Å². The second-order valence-corrected chi connectivity index (χ2v) is 6.55. The molecule has 0 amide bonds. The molecule has 1 aromatic heterocycles. The van der Waals surface area contributed by atoms with E-state index in [0.717, 1.165) is 16.7 Å². The van der Waals surface area contributed by atoms with Crippen molar-refractivity contribution in [1.29, 1.82) is 0 Å². The van der Waals surface area contributed by atoms with Gasteiger partial charge >= 0.3 is 11.6 Å². The Labute approximate surface area is 150 Å². The van der Waals surface area contributed by atoms with Gasteiger partial charge in [0.1, 0.15) is 11.3 Å². The van der Waals surface area contributed by atoms with Gasteiger partial charge in [-0.3, -0.25) is 4.79 Å². The summed E-state index contributed by atoms with van der Waals surface area (Å²) in [5.74, 6) is -2.06. The second-order valence-electron chi connectivity index (χ2n) is 6.55. The minimum absolute atomic E-state index is 0.0162. The highest BCUT2D eigenvalue weighted by Crippen LogP contribution is 2.38. The highest BCUT2D eigenvalue weighted by atomic mass is 16.4. The van der Waals surface area contributed by atoms with E-state index in [-0.39, 0.29) is 17.7 Å². The number of carbonyl (C=O) groups is 1. The molecule has 1 atom stereocenters. The van der Waals surface area contributed by atoms with Gasteiger partial charge in [-0.1, -0.05) is 36.4 Å². The van der Waals surface area contributed by atoms with Gasteiger partial charge in [0.25, 0.3) is 0 Å². The molecule has 2 N–H and O–H groups in total. The van der Waals surface area contributed by atoms with Crippen LogP contribution in [0.2, 0.25) is 0 Å². The molecule has 3 rings (SSSR count). The summed E-state index contributed by atoms with van der Waals surface area (Å²) in [5, 5.41) is 20.7. The number of aryl methyl sites for hydroxylation is 3. The predicted octanol–water partition coefficient (Wildman–Crippen LogP) is 4.03. The van der Waals surface area contributed by atoms with Crippen molar-refractivity contribution in [1.82, 2.24) is 0 Å². The van der Waals surface area contributed by atoms with Crippen molar-refractivity contribution in [3.63, 3.8) is 0 Å². The molecule has 0 aliphatic heterocycles. The Morgan fingerprint density at radius 1 is 1.12 bits per heavy atom. The van der Waals surface area contributed by atoms with Crippen molar-refractivity contribution < 1.29 is 19.4 Å². The predicted molar refractivity (Wildman–Crippen MR) is 98.9 cm³/mol. The van der Waals surface area contributed by atoms with Crippen molar-refractivity contribution in [2.75, 3.05) is 0 Å². The Kier molecular flexibility index (Phi) is 4.55. The monoisotopic (exact) mass is 352 g/mol. The molecule has 0 aliphatic carbocycles. The number of aliphatic carboxylic acids is 1. The summed E-state index contributed by atoms with van der Waals surface area (Å²) < 4.78 is 5.54. The lowest BCUT2D eigenvalue weighted by atomic mass is 9.87. The maximum atomic E-state index is 12.7. The minimum atomic E-state index is -1.06. The molecule has 0 saturated carbocycles. The van der Waals surface area contributed by atoms with Gasteiger partial charge in [0.2, 0.25) is 0 Å². The third-order valence-corrected chi connectivity index (χ3v) is 4.82. The van der Waals surface area contributed by atoms with Crippen LogP contribution in [-0.4, -0.2) is 16.2 Å². The highest BCUT2D eigenvalue weighted by Gasteiger charge is 2.28. The van der Waals surface area contributed by atoms with Crippen LogP contribution in [0.1, 0.15) is 40.2 Å². The maximum Gasteiger partial charge on any atom is 0.343 e. The first-order valence-corrected chi connectivity index (χ1v) is 8.34. The summed E-state index contributed by atoms with van der Waals surface area (Å²) >= 11 is 0. The Hall–Kier alpha value is -3.08. The number of benzene rings is 2. The first-order chi connectivity index (χ1) is 12.3. The third-order valence-electron chi connectivity index (χ3n) is 4.82. The van der Waals surface area contributed by atoms with Crippen LogP contribution >= 0.6 is 0 Å². The second kappa shape index (κ2) is 6.67. The molecule has 1 unspecified atom stereocenters. The van der Waals surface area contributed by atoms with Crippen molar-refractivity contribution in [3.8, 4) is 5.75 Å². The van der Waals surface area contributed by atoms with E-state index in [1.165, 1.54) is 0 Å². The SMILES string of the molecule is Cc1cc(C)c2c(O)c(C(CC(=O)O)c3ccccc3)c(=O)oc2c1C. The summed E-state index contributed by atoms with van der Waals surface area (Å²) in [6.45, 7) is 5.56. The standard InChI is InChI=1S/C21H20O5/c1-11-9-12(2)17-19(24)18(21(25)26-20(17)13(11)3)15(10-16(22)23)14-7-5-4-6-8-14/h4-9,15,24H,10H2,1-3H3,(H,22,23). The van der Waals surface area contributed by atoms with Crippen LogP contribution in [-0.2, 0) is 4.79 Å². The summed E-state index contributed by atoms with van der Waals surface area (Å²) in [7, 11) is 0. The van der Waals surface area contributed by atoms with E-state index < -0.39 is 17.5 Å². The molecule has 0 saturated heterocycles. The molecule has 0 bridgehead atoms. The Balaban J connectivity index is 2.36. The van der Waals surface area contributed by atoms with Crippen LogP contribution in [0.15, 0.2) is 45.6 Å². The van der Waals surface area contributed by atoms with Gasteiger partial charge in [-0.25, -0.2) is 4.79 Å².